The number of nitrogens with one attached hydrogen (secondary N) is 2. The summed E-state index contributed by atoms with van der Waals surface area (Å²) in [7, 11) is -3.62. The van der Waals surface area contributed by atoms with Gasteiger partial charge in [-0.15, -0.1) is 11.8 Å². The Morgan fingerprint density at radius 2 is 1.76 bits per heavy atom. The molecule has 9 heteroatoms. The molecule has 0 saturated carbocycles. The van der Waals surface area contributed by atoms with E-state index < -0.39 is 16.1 Å². The Balaban J connectivity index is 1.51. The van der Waals surface area contributed by atoms with Crippen molar-refractivity contribution >= 4 is 33.6 Å². The lowest BCUT2D eigenvalue weighted by molar-refractivity contribution is -0.124. The predicted molar refractivity (Wildman–Crippen MR) is 113 cm³/mol. The molecule has 3 rings (SSSR count). The summed E-state index contributed by atoms with van der Waals surface area (Å²) in [6.07, 6.45) is 0. The SMILES string of the molecule is Cc1ccc(S(=O)(=O)NCCNC(=O)[C@@H]2CSCN2C(=O)c2ccccc2)cc1. The normalized spacial score (nSPS) is 16.6. The van der Waals surface area contributed by atoms with E-state index in [4.69, 9.17) is 0 Å². The maximum Gasteiger partial charge on any atom is 0.255 e. The van der Waals surface area contributed by atoms with Gasteiger partial charge in [-0.05, 0) is 31.2 Å². The lowest BCUT2D eigenvalue weighted by Crippen LogP contribution is -2.48. The van der Waals surface area contributed by atoms with Crippen LogP contribution in [0.1, 0.15) is 15.9 Å². The number of hydrogen-bond acceptors (Lipinski definition) is 5. The third kappa shape index (κ3) is 5.37. The van der Waals surface area contributed by atoms with Gasteiger partial charge in [0.15, 0.2) is 0 Å². The fourth-order valence-electron chi connectivity index (χ4n) is 2.90. The van der Waals surface area contributed by atoms with Gasteiger partial charge in [-0.25, -0.2) is 13.1 Å². The lowest BCUT2D eigenvalue weighted by atomic mass is 10.1. The minimum Gasteiger partial charge on any atom is -0.353 e. The number of nitrogens with zero attached hydrogens (tertiary/aromatic N) is 1. The summed E-state index contributed by atoms with van der Waals surface area (Å²) in [5, 5.41) is 2.72. The quantitative estimate of drug-likeness (QED) is 0.647. The van der Waals surface area contributed by atoms with Gasteiger partial charge in [0.05, 0.1) is 10.8 Å². The van der Waals surface area contributed by atoms with Crippen LogP contribution in [0.15, 0.2) is 59.5 Å². The summed E-state index contributed by atoms with van der Waals surface area (Å²) in [5.41, 5.74) is 1.51. The first-order chi connectivity index (χ1) is 13.9. The standard InChI is InChI=1S/C20H23N3O4S2/c1-15-7-9-17(10-8-15)29(26,27)22-12-11-21-19(24)18-13-28-14-23(18)20(25)16-5-3-2-4-6-16/h2-10,18,22H,11-14H2,1H3,(H,21,24)/t18-/m0/s1. The van der Waals surface area contributed by atoms with Gasteiger partial charge in [0, 0.05) is 24.4 Å². The molecule has 1 aliphatic heterocycles. The fraction of sp³-hybridized carbons (Fsp3) is 0.300. The molecule has 2 aromatic rings. The maximum absolute atomic E-state index is 12.6. The third-order valence-corrected chi connectivity index (χ3v) is 7.00. The summed E-state index contributed by atoms with van der Waals surface area (Å²) in [5.74, 6) is 0.496. The number of thioether (sulfide) groups is 1. The van der Waals surface area contributed by atoms with Crippen molar-refractivity contribution in [3.8, 4) is 0 Å². The predicted octanol–water partition coefficient (Wildman–Crippen LogP) is 1.60. The Kier molecular flexibility index (Phi) is 6.94. The first kappa shape index (κ1) is 21.4. The van der Waals surface area contributed by atoms with E-state index in [0.717, 1.165) is 5.56 Å². The van der Waals surface area contributed by atoms with Crippen LogP contribution in [0.5, 0.6) is 0 Å². The van der Waals surface area contributed by atoms with E-state index in [9.17, 15) is 18.0 Å². The second kappa shape index (κ2) is 9.43. The van der Waals surface area contributed by atoms with Crippen LogP contribution in [-0.2, 0) is 14.8 Å². The summed E-state index contributed by atoms with van der Waals surface area (Å²) in [4.78, 5) is 26.9. The Morgan fingerprint density at radius 1 is 1.07 bits per heavy atom. The summed E-state index contributed by atoms with van der Waals surface area (Å²) >= 11 is 1.52. The van der Waals surface area contributed by atoms with Crippen molar-refractivity contribution in [2.75, 3.05) is 24.7 Å². The van der Waals surface area contributed by atoms with Gasteiger partial charge in [-0.3, -0.25) is 9.59 Å². The van der Waals surface area contributed by atoms with Gasteiger partial charge in [-0.2, -0.15) is 0 Å². The molecule has 0 unspecified atom stereocenters. The molecule has 0 aromatic heterocycles. The average molecular weight is 434 g/mol. The molecule has 0 bridgehead atoms. The summed E-state index contributed by atoms with van der Waals surface area (Å²) in [6.45, 7) is 2.08. The highest BCUT2D eigenvalue weighted by atomic mass is 32.2. The van der Waals surface area contributed by atoms with Crippen LogP contribution in [-0.4, -0.2) is 55.9 Å². The molecule has 1 heterocycles. The van der Waals surface area contributed by atoms with Crippen LogP contribution in [0, 0.1) is 6.92 Å². The van der Waals surface area contributed by atoms with Crippen molar-refractivity contribution in [1.29, 1.82) is 0 Å². The molecule has 0 aliphatic carbocycles. The zero-order chi connectivity index (χ0) is 20.9. The number of sulfonamides is 1. The molecule has 154 valence electrons. The molecule has 7 nitrogen and oxygen atoms in total. The molecule has 29 heavy (non-hydrogen) atoms. The first-order valence-corrected chi connectivity index (χ1v) is 11.8. The molecule has 2 N–H and O–H groups in total. The molecule has 2 aromatic carbocycles. The Hall–Kier alpha value is -2.36. The largest absolute Gasteiger partial charge is 0.353 e. The number of carbonyl (C=O) groups excluding carboxylic acids is 2. The van der Waals surface area contributed by atoms with Crippen molar-refractivity contribution in [3.05, 3.63) is 65.7 Å². The van der Waals surface area contributed by atoms with Gasteiger partial charge in [-0.1, -0.05) is 35.9 Å². The molecule has 0 radical (unpaired) electrons. The zero-order valence-electron chi connectivity index (χ0n) is 16.0. The van der Waals surface area contributed by atoms with Gasteiger partial charge >= 0.3 is 0 Å². The highest BCUT2D eigenvalue weighted by Gasteiger charge is 2.34. The summed E-state index contributed by atoms with van der Waals surface area (Å²) < 4.78 is 27.0. The molecule has 1 aliphatic rings. The Morgan fingerprint density at radius 3 is 2.45 bits per heavy atom. The molecule has 1 atom stereocenters. The molecule has 1 saturated heterocycles. The van der Waals surface area contributed by atoms with Gasteiger partial charge in [0.2, 0.25) is 15.9 Å². The Labute approximate surface area is 174 Å². The van der Waals surface area contributed by atoms with Crippen molar-refractivity contribution < 1.29 is 18.0 Å². The number of aryl methyl sites for hydroxylation is 1. The number of hydrogen-bond donors (Lipinski definition) is 2. The van der Waals surface area contributed by atoms with E-state index in [1.165, 1.54) is 11.8 Å². The zero-order valence-corrected chi connectivity index (χ0v) is 17.6. The Bertz CT molecular complexity index is 963. The number of amides is 2. The van der Waals surface area contributed by atoms with E-state index in [1.54, 1.807) is 53.4 Å². The van der Waals surface area contributed by atoms with Crippen LogP contribution in [0.2, 0.25) is 0 Å². The minimum absolute atomic E-state index is 0.0639. The van der Waals surface area contributed by atoms with E-state index in [0.29, 0.717) is 17.2 Å². The van der Waals surface area contributed by atoms with Gasteiger partial charge in [0.1, 0.15) is 6.04 Å². The monoisotopic (exact) mass is 433 g/mol. The van der Waals surface area contributed by atoms with E-state index in [2.05, 4.69) is 10.0 Å². The van der Waals surface area contributed by atoms with Crippen LogP contribution >= 0.6 is 11.8 Å². The smallest absolute Gasteiger partial charge is 0.255 e. The highest BCUT2D eigenvalue weighted by molar-refractivity contribution is 7.99. The van der Waals surface area contributed by atoms with E-state index >= 15 is 0 Å². The lowest BCUT2D eigenvalue weighted by Gasteiger charge is -2.23. The second-order valence-corrected chi connectivity index (χ2v) is 9.43. The van der Waals surface area contributed by atoms with Crippen molar-refractivity contribution in [2.45, 2.75) is 17.9 Å². The van der Waals surface area contributed by atoms with Crippen LogP contribution in [0.4, 0.5) is 0 Å². The average Bonchev–Trinajstić information content (AvgIpc) is 3.21. The number of rotatable bonds is 7. The molecule has 0 spiro atoms. The molecular weight excluding hydrogens is 410 g/mol. The fourth-order valence-corrected chi connectivity index (χ4v) is 5.08. The van der Waals surface area contributed by atoms with Crippen LogP contribution < -0.4 is 10.0 Å². The maximum atomic E-state index is 12.6. The highest BCUT2D eigenvalue weighted by Crippen LogP contribution is 2.23. The van der Waals surface area contributed by atoms with Crippen LogP contribution in [0.25, 0.3) is 0 Å². The third-order valence-electron chi connectivity index (χ3n) is 4.51. The van der Waals surface area contributed by atoms with Crippen LogP contribution in [0.3, 0.4) is 0 Å². The molecular formula is C20H23N3O4S2. The van der Waals surface area contributed by atoms with Crippen molar-refractivity contribution in [1.82, 2.24) is 14.9 Å². The van der Waals surface area contributed by atoms with E-state index in [1.807, 2.05) is 13.0 Å². The molecule has 1 fully saturated rings. The first-order valence-electron chi connectivity index (χ1n) is 9.16. The van der Waals surface area contributed by atoms with E-state index in [-0.39, 0.29) is 29.8 Å². The van der Waals surface area contributed by atoms with Crippen molar-refractivity contribution in [3.63, 3.8) is 0 Å². The van der Waals surface area contributed by atoms with Crippen molar-refractivity contribution in [2.24, 2.45) is 0 Å². The second-order valence-electron chi connectivity index (χ2n) is 6.66. The molecule has 2 amide bonds. The topological polar surface area (TPSA) is 95.6 Å². The summed E-state index contributed by atoms with van der Waals surface area (Å²) in [6, 6.07) is 14.8. The number of carbonyl (C=O) groups is 2. The number of benzene rings is 2. The van der Waals surface area contributed by atoms with Gasteiger partial charge in [0.25, 0.3) is 5.91 Å². The van der Waals surface area contributed by atoms with Gasteiger partial charge < -0.3 is 10.2 Å². The minimum atomic E-state index is -3.62.